The molecule has 2 aromatic rings. The van der Waals surface area contributed by atoms with E-state index in [9.17, 15) is 4.79 Å². The summed E-state index contributed by atoms with van der Waals surface area (Å²) >= 11 is 3.55. The van der Waals surface area contributed by atoms with E-state index in [1.807, 2.05) is 31.3 Å². The number of aliphatic carboxylic acids is 1. The zero-order chi connectivity index (χ0) is 15.4. The first-order valence-corrected chi connectivity index (χ1v) is 7.27. The predicted octanol–water partition coefficient (Wildman–Crippen LogP) is 4.62. The molecule has 0 aliphatic rings. The highest BCUT2D eigenvalue weighted by Gasteiger charge is 2.08. The summed E-state index contributed by atoms with van der Waals surface area (Å²) in [5.41, 5.74) is 4.17. The van der Waals surface area contributed by atoms with Crippen LogP contribution in [0.15, 0.2) is 53.0 Å². The summed E-state index contributed by atoms with van der Waals surface area (Å²) in [5.74, 6) is -0.952. The Kier molecular flexibility index (Phi) is 4.81. The zero-order valence-corrected chi connectivity index (χ0v) is 13.5. The predicted molar refractivity (Wildman–Crippen MR) is 90.1 cm³/mol. The number of carbonyl (C=O) groups is 1. The molecule has 0 amide bonds. The summed E-state index contributed by atoms with van der Waals surface area (Å²) < 4.78 is 0.916. The van der Waals surface area contributed by atoms with Crippen molar-refractivity contribution in [2.75, 3.05) is 11.9 Å². The average Bonchev–Trinajstić information content (AvgIpc) is 2.44. The number of rotatable bonds is 4. The van der Waals surface area contributed by atoms with Crippen LogP contribution in [0.5, 0.6) is 0 Å². The van der Waals surface area contributed by atoms with Crippen molar-refractivity contribution in [1.82, 2.24) is 0 Å². The van der Waals surface area contributed by atoms with Crippen molar-refractivity contribution in [3.05, 3.63) is 64.1 Å². The minimum atomic E-state index is -0.952. The Morgan fingerprint density at radius 1 is 1.24 bits per heavy atom. The Morgan fingerprint density at radius 3 is 2.62 bits per heavy atom. The largest absolute Gasteiger partial charge is 0.478 e. The SMILES string of the molecule is Cc1cccc(N(C)c2ccc(/C=C/C(=O)O)cc2Br)c1. The van der Waals surface area contributed by atoms with E-state index in [1.54, 1.807) is 6.08 Å². The van der Waals surface area contributed by atoms with Crippen LogP contribution >= 0.6 is 15.9 Å². The Hall–Kier alpha value is -2.07. The summed E-state index contributed by atoms with van der Waals surface area (Å²) in [5, 5.41) is 8.65. The molecule has 108 valence electrons. The van der Waals surface area contributed by atoms with Crippen LogP contribution in [-0.2, 0) is 4.79 Å². The van der Waals surface area contributed by atoms with Gasteiger partial charge in [0.1, 0.15) is 0 Å². The van der Waals surface area contributed by atoms with Crippen molar-refractivity contribution >= 4 is 39.4 Å². The molecule has 0 radical (unpaired) electrons. The van der Waals surface area contributed by atoms with Crippen molar-refractivity contribution in [2.45, 2.75) is 6.92 Å². The lowest BCUT2D eigenvalue weighted by Crippen LogP contribution is -2.10. The van der Waals surface area contributed by atoms with Gasteiger partial charge in [0.15, 0.2) is 0 Å². The average molecular weight is 346 g/mol. The lowest BCUT2D eigenvalue weighted by atomic mass is 10.1. The molecule has 0 spiro atoms. The molecule has 0 atom stereocenters. The quantitative estimate of drug-likeness (QED) is 0.821. The van der Waals surface area contributed by atoms with Gasteiger partial charge in [-0.3, -0.25) is 0 Å². The summed E-state index contributed by atoms with van der Waals surface area (Å²) in [6, 6.07) is 14.0. The second-order valence-corrected chi connectivity index (χ2v) is 5.63. The van der Waals surface area contributed by atoms with Gasteiger partial charge in [0.2, 0.25) is 0 Å². The molecular weight excluding hydrogens is 330 g/mol. The molecule has 4 heteroatoms. The molecule has 0 aromatic heterocycles. The molecule has 0 saturated heterocycles. The molecule has 0 bridgehead atoms. The molecule has 2 rings (SSSR count). The summed E-state index contributed by atoms with van der Waals surface area (Å²) in [4.78, 5) is 12.6. The van der Waals surface area contributed by atoms with Gasteiger partial charge in [-0.2, -0.15) is 0 Å². The minimum absolute atomic E-state index is 0.839. The number of halogens is 1. The van der Waals surface area contributed by atoms with Crippen LogP contribution < -0.4 is 4.90 Å². The van der Waals surface area contributed by atoms with Gasteiger partial charge in [-0.1, -0.05) is 18.2 Å². The van der Waals surface area contributed by atoms with Crippen molar-refractivity contribution in [2.24, 2.45) is 0 Å². The van der Waals surface area contributed by atoms with Crippen molar-refractivity contribution < 1.29 is 9.90 Å². The second kappa shape index (κ2) is 6.59. The maximum absolute atomic E-state index is 10.5. The van der Waals surface area contributed by atoms with E-state index in [2.05, 4.69) is 46.0 Å². The van der Waals surface area contributed by atoms with Gasteiger partial charge in [-0.25, -0.2) is 4.79 Å². The fourth-order valence-corrected chi connectivity index (χ4v) is 2.70. The van der Waals surface area contributed by atoms with Gasteiger partial charge < -0.3 is 10.0 Å². The molecule has 0 aliphatic carbocycles. The lowest BCUT2D eigenvalue weighted by Gasteiger charge is -2.21. The summed E-state index contributed by atoms with van der Waals surface area (Å²) in [6.45, 7) is 2.06. The molecule has 2 aromatic carbocycles. The molecule has 3 nitrogen and oxygen atoms in total. The molecule has 0 heterocycles. The van der Waals surface area contributed by atoms with Gasteiger partial charge in [-0.15, -0.1) is 0 Å². The Bertz CT molecular complexity index is 695. The first kappa shape index (κ1) is 15.3. The highest BCUT2D eigenvalue weighted by molar-refractivity contribution is 9.10. The second-order valence-electron chi connectivity index (χ2n) is 4.78. The topological polar surface area (TPSA) is 40.5 Å². The molecular formula is C17H16BrNO2. The molecule has 0 aliphatic heterocycles. The fourth-order valence-electron chi connectivity index (χ4n) is 2.04. The number of hydrogen-bond donors (Lipinski definition) is 1. The van der Waals surface area contributed by atoms with E-state index in [-0.39, 0.29) is 0 Å². The number of nitrogens with zero attached hydrogens (tertiary/aromatic N) is 1. The van der Waals surface area contributed by atoms with Crippen LogP contribution in [0.2, 0.25) is 0 Å². The Morgan fingerprint density at radius 2 is 2.00 bits per heavy atom. The molecule has 0 fully saturated rings. The van der Waals surface area contributed by atoms with E-state index in [1.165, 1.54) is 5.56 Å². The van der Waals surface area contributed by atoms with Crippen LogP contribution in [0.1, 0.15) is 11.1 Å². The normalized spacial score (nSPS) is 10.8. The lowest BCUT2D eigenvalue weighted by molar-refractivity contribution is -0.131. The third-order valence-corrected chi connectivity index (χ3v) is 3.78. The summed E-state index contributed by atoms with van der Waals surface area (Å²) in [6.07, 6.45) is 2.70. The first-order valence-electron chi connectivity index (χ1n) is 6.48. The number of anilines is 2. The van der Waals surface area contributed by atoms with E-state index in [0.717, 1.165) is 27.5 Å². The number of aryl methyl sites for hydroxylation is 1. The van der Waals surface area contributed by atoms with Crippen molar-refractivity contribution in [1.29, 1.82) is 0 Å². The van der Waals surface area contributed by atoms with Gasteiger partial charge in [-0.05, 0) is 64.3 Å². The fraction of sp³-hybridized carbons (Fsp3) is 0.118. The smallest absolute Gasteiger partial charge is 0.328 e. The van der Waals surface area contributed by atoms with Gasteiger partial charge in [0.05, 0.1) is 5.69 Å². The Balaban J connectivity index is 2.30. The highest BCUT2D eigenvalue weighted by atomic mass is 79.9. The molecule has 0 saturated carbocycles. The van der Waals surface area contributed by atoms with Gasteiger partial charge in [0, 0.05) is 23.3 Å². The summed E-state index contributed by atoms with van der Waals surface area (Å²) in [7, 11) is 2.00. The number of hydrogen-bond acceptors (Lipinski definition) is 2. The van der Waals surface area contributed by atoms with Gasteiger partial charge in [0.25, 0.3) is 0 Å². The van der Waals surface area contributed by atoms with Crippen molar-refractivity contribution in [3.63, 3.8) is 0 Å². The third-order valence-electron chi connectivity index (χ3n) is 3.14. The Labute approximate surface area is 132 Å². The standard InChI is InChI=1S/C17H16BrNO2/c1-12-4-3-5-14(10-12)19(2)16-8-6-13(11-15(16)18)7-9-17(20)21/h3-11H,1-2H3,(H,20,21)/b9-7+. The van der Waals surface area contributed by atoms with Crippen LogP contribution in [-0.4, -0.2) is 18.1 Å². The monoisotopic (exact) mass is 345 g/mol. The van der Waals surface area contributed by atoms with E-state index < -0.39 is 5.97 Å². The maximum atomic E-state index is 10.5. The molecule has 1 N–H and O–H groups in total. The zero-order valence-electron chi connectivity index (χ0n) is 11.9. The van der Waals surface area contributed by atoms with Crippen LogP contribution in [0.3, 0.4) is 0 Å². The van der Waals surface area contributed by atoms with E-state index in [0.29, 0.717) is 0 Å². The van der Waals surface area contributed by atoms with Crippen LogP contribution in [0, 0.1) is 6.92 Å². The number of carboxylic acids is 1. The number of carboxylic acid groups (broad SMARTS) is 1. The van der Waals surface area contributed by atoms with Crippen LogP contribution in [0.25, 0.3) is 6.08 Å². The minimum Gasteiger partial charge on any atom is -0.478 e. The molecule has 21 heavy (non-hydrogen) atoms. The maximum Gasteiger partial charge on any atom is 0.328 e. The number of benzene rings is 2. The first-order chi connectivity index (χ1) is 9.97. The van der Waals surface area contributed by atoms with E-state index >= 15 is 0 Å². The van der Waals surface area contributed by atoms with E-state index in [4.69, 9.17) is 5.11 Å². The van der Waals surface area contributed by atoms with Crippen LogP contribution in [0.4, 0.5) is 11.4 Å². The third kappa shape index (κ3) is 3.95. The van der Waals surface area contributed by atoms with Gasteiger partial charge >= 0.3 is 5.97 Å². The molecule has 0 unspecified atom stereocenters. The van der Waals surface area contributed by atoms with Crippen molar-refractivity contribution in [3.8, 4) is 0 Å². The highest BCUT2D eigenvalue weighted by Crippen LogP contribution is 2.32.